The normalized spacial score (nSPS) is 10.5. The van der Waals surface area contributed by atoms with Gasteiger partial charge in [0.25, 0.3) is 0 Å². The van der Waals surface area contributed by atoms with Crippen LogP contribution in [-0.4, -0.2) is 23.2 Å². The average molecular weight is 279 g/mol. The monoisotopic (exact) mass is 279 g/mol. The van der Waals surface area contributed by atoms with Gasteiger partial charge in [-0.1, -0.05) is 30.3 Å². The van der Waals surface area contributed by atoms with E-state index < -0.39 is 0 Å². The third kappa shape index (κ3) is 2.31. The van der Waals surface area contributed by atoms with Crippen molar-refractivity contribution in [3.05, 3.63) is 60.4 Å². The Morgan fingerprint density at radius 3 is 2.57 bits per heavy atom. The molecular formula is C17H13NO3. The molecule has 0 radical (unpaired) electrons. The number of carbonyl (C=O) groups excluding carboxylic acids is 1. The lowest BCUT2D eigenvalue weighted by Crippen LogP contribution is -2.02. The fourth-order valence-corrected chi connectivity index (χ4v) is 2.41. The first-order chi connectivity index (χ1) is 10.2. The molecule has 21 heavy (non-hydrogen) atoms. The molecule has 104 valence electrons. The molecule has 0 spiro atoms. The molecule has 0 saturated heterocycles. The Kier molecular flexibility index (Phi) is 3.28. The maximum absolute atomic E-state index is 11.9. The molecule has 3 aromatic rings. The van der Waals surface area contributed by atoms with E-state index in [1.54, 1.807) is 18.3 Å². The number of hydrogen-bond acceptors (Lipinski definition) is 4. The van der Waals surface area contributed by atoms with E-state index in [-0.39, 0.29) is 11.7 Å². The van der Waals surface area contributed by atoms with Crippen molar-refractivity contribution in [3.8, 4) is 16.9 Å². The van der Waals surface area contributed by atoms with Crippen LogP contribution in [0.2, 0.25) is 0 Å². The number of carbonyl (C=O) groups is 1. The largest absolute Gasteiger partial charge is 0.506 e. The highest BCUT2D eigenvalue weighted by molar-refractivity contribution is 6.09. The van der Waals surface area contributed by atoms with Gasteiger partial charge in [-0.15, -0.1) is 0 Å². The Morgan fingerprint density at radius 1 is 1.10 bits per heavy atom. The summed E-state index contributed by atoms with van der Waals surface area (Å²) in [6.45, 7) is 0. The predicted octanol–water partition coefficient (Wildman–Crippen LogP) is 3.39. The lowest BCUT2D eigenvalue weighted by atomic mass is 9.96. The summed E-state index contributed by atoms with van der Waals surface area (Å²) in [5.74, 6) is -0.264. The Morgan fingerprint density at radius 2 is 1.86 bits per heavy atom. The molecule has 1 aromatic heterocycles. The van der Waals surface area contributed by atoms with Gasteiger partial charge in [0, 0.05) is 11.8 Å². The number of rotatable bonds is 2. The summed E-state index contributed by atoms with van der Waals surface area (Å²) in [6, 6.07) is 12.8. The molecule has 0 saturated carbocycles. The van der Waals surface area contributed by atoms with E-state index in [2.05, 4.69) is 4.98 Å². The van der Waals surface area contributed by atoms with Crippen molar-refractivity contribution < 1.29 is 14.6 Å². The number of methoxy groups -OCH3 is 1. The highest BCUT2D eigenvalue weighted by Crippen LogP contribution is 2.32. The van der Waals surface area contributed by atoms with Gasteiger partial charge in [-0.05, 0) is 28.5 Å². The zero-order valence-electron chi connectivity index (χ0n) is 11.4. The lowest BCUT2D eigenvalue weighted by Gasteiger charge is -2.10. The van der Waals surface area contributed by atoms with E-state index in [1.807, 2.05) is 30.3 Å². The van der Waals surface area contributed by atoms with E-state index in [1.165, 1.54) is 13.3 Å². The third-order valence-corrected chi connectivity index (χ3v) is 3.36. The van der Waals surface area contributed by atoms with Crippen LogP contribution in [0.15, 0.2) is 54.9 Å². The van der Waals surface area contributed by atoms with E-state index in [0.29, 0.717) is 5.56 Å². The van der Waals surface area contributed by atoms with Gasteiger partial charge in [0.2, 0.25) is 0 Å². The van der Waals surface area contributed by atoms with E-state index >= 15 is 0 Å². The molecule has 0 aliphatic heterocycles. The minimum atomic E-state index is -0.369. The van der Waals surface area contributed by atoms with Crippen LogP contribution in [-0.2, 0) is 4.74 Å². The number of nitrogens with zero attached hydrogens (tertiary/aromatic N) is 1. The molecule has 3 rings (SSSR count). The molecular weight excluding hydrogens is 266 g/mol. The summed E-state index contributed by atoms with van der Waals surface area (Å²) in [5, 5.41) is 11.3. The number of benzene rings is 2. The number of hydrogen-bond donors (Lipinski definition) is 1. The second-order valence-electron chi connectivity index (χ2n) is 4.63. The molecule has 1 N–H and O–H groups in total. The summed E-state index contributed by atoms with van der Waals surface area (Å²) in [7, 11) is 1.37. The second-order valence-corrected chi connectivity index (χ2v) is 4.63. The standard InChI is InChI=1S/C17H13NO3/c1-21-17(20)16-7-6-13(11-8-12(19)10-18-9-11)14-4-2-3-5-15(14)16/h2-10,19H,1H3. The average Bonchev–Trinajstić information content (AvgIpc) is 2.53. The van der Waals surface area contributed by atoms with Gasteiger partial charge in [-0.25, -0.2) is 4.79 Å². The van der Waals surface area contributed by atoms with Gasteiger partial charge in [-0.2, -0.15) is 0 Å². The first kappa shape index (κ1) is 13.1. The maximum Gasteiger partial charge on any atom is 0.338 e. The molecule has 0 bridgehead atoms. The molecule has 1 heterocycles. The maximum atomic E-state index is 11.9. The molecule has 4 heteroatoms. The van der Waals surface area contributed by atoms with Crippen LogP contribution in [0, 0.1) is 0 Å². The Bertz CT molecular complexity index is 827. The summed E-state index contributed by atoms with van der Waals surface area (Å²) in [5.41, 5.74) is 2.22. The number of aromatic nitrogens is 1. The van der Waals surface area contributed by atoms with Crippen LogP contribution in [0.5, 0.6) is 5.75 Å². The van der Waals surface area contributed by atoms with Crippen LogP contribution < -0.4 is 0 Å². The van der Waals surface area contributed by atoms with Crippen molar-refractivity contribution in [2.24, 2.45) is 0 Å². The van der Waals surface area contributed by atoms with E-state index in [9.17, 15) is 9.90 Å². The van der Waals surface area contributed by atoms with Crippen molar-refractivity contribution in [2.45, 2.75) is 0 Å². The Hall–Kier alpha value is -2.88. The minimum absolute atomic E-state index is 0.105. The number of esters is 1. The highest BCUT2D eigenvalue weighted by atomic mass is 16.5. The number of pyridine rings is 1. The minimum Gasteiger partial charge on any atom is -0.506 e. The lowest BCUT2D eigenvalue weighted by molar-refractivity contribution is 0.0603. The molecule has 0 amide bonds. The van der Waals surface area contributed by atoms with Crippen molar-refractivity contribution in [1.82, 2.24) is 4.98 Å². The van der Waals surface area contributed by atoms with Gasteiger partial charge in [-0.3, -0.25) is 4.98 Å². The Labute approximate surface area is 121 Å². The molecule has 0 atom stereocenters. The highest BCUT2D eigenvalue weighted by Gasteiger charge is 2.13. The molecule has 0 fully saturated rings. The zero-order chi connectivity index (χ0) is 14.8. The van der Waals surface area contributed by atoms with Crippen LogP contribution in [0.3, 0.4) is 0 Å². The number of ether oxygens (including phenoxy) is 1. The first-order valence-electron chi connectivity index (χ1n) is 6.45. The van der Waals surface area contributed by atoms with Crippen molar-refractivity contribution >= 4 is 16.7 Å². The van der Waals surface area contributed by atoms with Crippen LogP contribution >= 0.6 is 0 Å². The number of aromatic hydroxyl groups is 1. The van der Waals surface area contributed by atoms with Gasteiger partial charge >= 0.3 is 5.97 Å². The topological polar surface area (TPSA) is 59.4 Å². The van der Waals surface area contributed by atoms with Gasteiger partial charge in [0.1, 0.15) is 5.75 Å². The molecule has 0 unspecified atom stereocenters. The van der Waals surface area contributed by atoms with Gasteiger partial charge < -0.3 is 9.84 Å². The van der Waals surface area contributed by atoms with Crippen molar-refractivity contribution in [3.63, 3.8) is 0 Å². The Balaban J connectivity index is 2.29. The van der Waals surface area contributed by atoms with Gasteiger partial charge in [0.15, 0.2) is 0 Å². The van der Waals surface area contributed by atoms with E-state index in [0.717, 1.165) is 21.9 Å². The fraction of sp³-hybridized carbons (Fsp3) is 0.0588. The summed E-state index contributed by atoms with van der Waals surface area (Å²) < 4.78 is 4.82. The summed E-state index contributed by atoms with van der Waals surface area (Å²) >= 11 is 0. The fourth-order valence-electron chi connectivity index (χ4n) is 2.41. The quantitative estimate of drug-likeness (QED) is 0.730. The summed E-state index contributed by atoms with van der Waals surface area (Å²) in [4.78, 5) is 15.9. The first-order valence-corrected chi connectivity index (χ1v) is 6.45. The van der Waals surface area contributed by atoms with Crippen LogP contribution in [0.4, 0.5) is 0 Å². The predicted molar refractivity (Wildman–Crippen MR) is 80.2 cm³/mol. The smallest absolute Gasteiger partial charge is 0.338 e. The number of fused-ring (bicyclic) bond motifs is 1. The zero-order valence-corrected chi connectivity index (χ0v) is 11.4. The van der Waals surface area contributed by atoms with Crippen LogP contribution in [0.1, 0.15) is 10.4 Å². The SMILES string of the molecule is COC(=O)c1ccc(-c2cncc(O)c2)c2ccccc12. The summed E-state index contributed by atoms with van der Waals surface area (Å²) in [6.07, 6.45) is 3.06. The van der Waals surface area contributed by atoms with Crippen molar-refractivity contribution in [1.29, 1.82) is 0 Å². The van der Waals surface area contributed by atoms with Crippen molar-refractivity contribution in [2.75, 3.05) is 7.11 Å². The second kappa shape index (κ2) is 5.25. The van der Waals surface area contributed by atoms with Gasteiger partial charge in [0.05, 0.1) is 18.9 Å². The molecule has 4 nitrogen and oxygen atoms in total. The molecule has 2 aromatic carbocycles. The van der Waals surface area contributed by atoms with Crippen LogP contribution in [0.25, 0.3) is 21.9 Å². The third-order valence-electron chi connectivity index (χ3n) is 3.36. The van der Waals surface area contributed by atoms with E-state index in [4.69, 9.17) is 4.74 Å². The molecule has 0 aliphatic rings. The molecule has 0 aliphatic carbocycles.